The number of amides is 1. The second-order valence-electron chi connectivity index (χ2n) is 5.98. The molecule has 0 aromatic heterocycles. The lowest BCUT2D eigenvalue weighted by atomic mass is 10.0. The van der Waals surface area contributed by atoms with E-state index in [0.717, 1.165) is 11.8 Å². The van der Waals surface area contributed by atoms with Crippen LogP contribution in [0.5, 0.6) is 0 Å². The van der Waals surface area contributed by atoms with E-state index in [1.54, 1.807) is 30.3 Å². The molecular formula is C17H17F4N3O3S. The zero-order chi connectivity index (χ0) is 20.9. The monoisotopic (exact) mass is 419 g/mol. The van der Waals surface area contributed by atoms with Crippen LogP contribution in [0.3, 0.4) is 0 Å². The standard InChI is InChI=1S/C17H17F4N3O3S/c1-28(26,27)24-14-6-3-11(4-7-14)8-12-2-5-13(15(18)9-12)10-22-23-16(25)17(19,20)21/h2-7,9,22,24H,8,10H2,1H3,(H,23,25). The number of rotatable bonds is 7. The van der Waals surface area contributed by atoms with Crippen LogP contribution < -0.4 is 15.6 Å². The van der Waals surface area contributed by atoms with Gasteiger partial charge in [0.15, 0.2) is 0 Å². The van der Waals surface area contributed by atoms with Crippen molar-refractivity contribution in [2.24, 2.45) is 0 Å². The van der Waals surface area contributed by atoms with Gasteiger partial charge in [0.1, 0.15) is 5.82 Å². The van der Waals surface area contributed by atoms with Crippen molar-refractivity contribution in [3.63, 3.8) is 0 Å². The molecule has 0 bridgehead atoms. The first-order valence-electron chi connectivity index (χ1n) is 7.88. The molecule has 0 spiro atoms. The number of nitrogens with one attached hydrogen (secondary N) is 3. The first-order chi connectivity index (χ1) is 12.9. The summed E-state index contributed by atoms with van der Waals surface area (Å²) in [6.45, 7) is -0.320. The van der Waals surface area contributed by atoms with E-state index in [4.69, 9.17) is 0 Å². The van der Waals surface area contributed by atoms with E-state index in [9.17, 15) is 30.8 Å². The number of benzene rings is 2. The number of hydrogen-bond acceptors (Lipinski definition) is 4. The van der Waals surface area contributed by atoms with Crippen LogP contribution >= 0.6 is 0 Å². The topological polar surface area (TPSA) is 87.3 Å². The molecule has 0 heterocycles. The van der Waals surface area contributed by atoms with E-state index in [2.05, 4.69) is 4.72 Å². The van der Waals surface area contributed by atoms with Gasteiger partial charge < -0.3 is 0 Å². The van der Waals surface area contributed by atoms with Crippen molar-refractivity contribution in [3.8, 4) is 0 Å². The maximum absolute atomic E-state index is 14.1. The minimum Gasteiger partial charge on any atom is -0.284 e. The van der Waals surface area contributed by atoms with Gasteiger partial charge in [-0.15, -0.1) is 0 Å². The largest absolute Gasteiger partial charge is 0.472 e. The molecule has 6 nitrogen and oxygen atoms in total. The number of hydrazine groups is 1. The number of carbonyl (C=O) groups is 1. The molecule has 152 valence electrons. The average Bonchev–Trinajstić information content (AvgIpc) is 2.56. The van der Waals surface area contributed by atoms with Gasteiger partial charge in [-0.1, -0.05) is 24.3 Å². The second kappa shape index (κ2) is 8.57. The molecule has 0 saturated heterocycles. The van der Waals surface area contributed by atoms with Gasteiger partial charge in [0, 0.05) is 17.8 Å². The third-order valence-electron chi connectivity index (χ3n) is 3.52. The molecule has 0 aliphatic heterocycles. The van der Waals surface area contributed by atoms with Gasteiger partial charge in [0.25, 0.3) is 0 Å². The van der Waals surface area contributed by atoms with Gasteiger partial charge in [-0.2, -0.15) is 13.2 Å². The fourth-order valence-electron chi connectivity index (χ4n) is 2.28. The van der Waals surface area contributed by atoms with Crippen molar-refractivity contribution in [1.82, 2.24) is 10.9 Å². The van der Waals surface area contributed by atoms with Crippen molar-refractivity contribution in [2.75, 3.05) is 11.0 Å². The third-order valence-corrected chi connectivity index (χ3v) is 4.13. The van der Waals surface area contributed by atoms with E-state index in [0.29, 0.717) is 17.7 Å². The highest BCUT2D eigenvalue weighted by Crippen LogP contribution is 2.17. The van der Waals surface area contributed by atoms with Crippen LogP contribution in [0.25, 0.3) is 0 Å². The quantitative estimate of drug-likeness (QED) is 0.475. The van der Waals surface area contributed by atoms with Crippen molar-refractivity contribution in [1.29, 1.82) is 0 Å². The normalized spacial score (nSPS) is 11.9. The van der Waals surface area contributed by atoms with Gasteiger partial charge in [0.05, 0.1) is 6.26 Å². The van der Waals surface area contributed by atoms with Gasteiger partial charge in [-0.05, 0) is 35.7 Å². The Morgan fingerprint density at radius 3 is 2.18 bits per heavy atom. The molecule has 0 radical (unpaired) electrons. The summed E-state index contributed by atoms with van der Waals surface area (Å²) in [7, 11) is -3.37. The lowest BCUT2D eigenvalue weighted by molar-refractivity contribution is -0.174. The minimum atomic E-state index is -5.03. The Bertz CT molecular complexity index is 945. The van der Waals surface area contributed by atoms with Crippen LogP contribution in [-0.2, 0) is 27.8 Å². The molecule has 0 saturated carbocycles. The van der Waals surface area contributed by atoms with Gasteiger partial charge in [-0.25, -0.2) is 18.2 Å². The van der Waals surface area contributed by atoms with E-state index in [-0.39, 0.29) is 12.1 Å². The van der Waals surface area contributed by atoms with Crippen molar-refractivity contribution in [2.45, 2.75) is 19.1 Å². The number of alkyl halides is 3. The lowest BCUT2D eigenvalue weighted by Crippen LogP contribution is -2.44. The number of carbonyl (C=O) groups excluding carboxylic acids is 1. The van der Waals surface area contributed by atoms with Gasteiger partial charge in [0.2, 0.25) is 10.0 Å². The molecule has 2 aromatic carbocycles. The molecule has 0 aliphatic carbocycles. The minimum absolute atomic E-state index is 0.0823. The van der Waals surface area contributed by atoms with Gasteiger partial charge in [-0.3, -0.25) is 14.9 Å². The van der Waals surface area contributed by atoms with E-state index >= 15 is 0 Å². The molecule has 0 fully saturated rings. The molecular weight excluding hydrogens is 402 g/mol. The van der Waals surface area contributed by atoms with Crippen LogP contribution in [0.2, 0.25) is 0 Å². The summed E-state index contributed by atoms with van der Waals surface area (Å²) >= 11 is 0. The van der Waals surface area contributed by atoms with Crippen molar-refractivity contribution >= 4 is 21.6 Å². The maximum atomic E-state index is 14.1. The van der Waals surface area contributed by atoms with E-state index in [1.165, 1.54) is 17.6 Å². The first-order valence-corrected chi connectivity index (χ1v) is 9.77. The number of hydrogen-bond donors (Lipinski definition) is 3. The summed E-state index contributed by atoms with van der Waals surface area (Å²) in [6, 6.07) is 10.8. The van der Waals surface area contributed by atoms with E-state index < -0.39 is 27.9 Å². The lowest BCUT2D eigenvalue weighted by Gasteiger charge is -2.11. The molecule has 11 heteroatoms. The van der Waals surface area contributed by atoms with Gasteiger partial charge >= 0.3 is 12.1 Å². The Kier molecular flexibility index (Phi) is 6.62. The Hall–Kier alpha value is -2.66. The SMILES string of the molecule is CS(=O)(=O)Nc1ccc(Cc2ccc(CNNC(=O)C(F)(F)F)c(F)c2)cc1. The molecule has 3 N–H and O–H groups in total. The van der Waals surface area contributed by atoms with Crippen molar-refractivity contribution in [3.05, 3.63) is 65.0 Å². The number of sulfonamides is 1. The molecule has 0 unspecified atom stereocenters. The number of anilines is 1. The van der Waals surface area contributed by atoms with Crippen LogP contribution in [-0.4, -0.2) is 26.8 Å². The predicted octanol–water partition coefficient (Wildman–Crippen LogP) is 2.47. The second-order valence-corrected chi connectivity index (χ2v) is 7.73. The van der Waals surface area contributed by atoms with Crippen molar-refractivity contribution < 1.29 is 30.8 Å². The predicted molar refractivity (Wildman–Crippen MR) is 95.2 cm³/mol. The summed E-state index contributed by atoms with van der Waals surface area (Å²) in [6.07, 6.45) is -3.62. The summed E-state index contributed by atoms with van der Waals surface area (Å²) < 4.78 is 75.0. The smallest absolute Gasteiger partial charge is 0.284 e. The zero-order valence-electron chi connectivity index (χ0n) is 14.6. The molecule has 2 rings (SSSR count). The third kappa shape index (κ3) is 6.82. The highest BCUT2D eigenvalue weighted by molar-refractivity contribution is 7.92. The Morgan fingerprint density at radius 2 is 1.64 bits per heavy atom. The summed E-state index contributed by atoms with van der Waals surface area (Å²) in [5.41, 5.74) is 5.38. The summed E-state index contributed by atoms with van der Waals surface area (Å²) in [5.74, 6) is -2.81. The average molecular weight is 419 g/mol. The zero-order valence-corrected chi connectivity index (χ0v) is 15.4. The summed E-state index contributed by atoms with van der Waals surface area (Å²) in [4.78, 5) is 10.7. The highest BCUT2D eigenvalue weighted by Gasteiger charge is 2.38. The van der Waals surface area contributed by atoms with E-state index in [1.807, 2.05) is 5.43 Å². The van der Waals surface area contributed by atoms with Crippen LogP contribution in [0.4, 0.5) is 23.2 Å². The molecule has 2 aromatic rings. The Balaban J connectivity index is 1.96. The Labute approximate surface area is 159 Å². The maximum Gasteiger partial charge on any atom is 0.472 e. The van der Waals surface area contributed by atoms with Crippen LogP contribution in [0, 0.1) is 5.82 Å². The molecule has 28 heavy (non-hydrogen) atoms. The summed E-state index contributed by atoms with van der Waals surface area (Å²) in [5, 5.41) is 0. The first kappa shape index (κ1) is 21.6. The molecule has 1 amide bonds. The Morgan fingerprint density at radius 1 is 1.04 bits per heavy atom. The number of halogens is 4. The fraction of sp³-hybridized carbons (Fsp3) is 0.235. The molecule has 0 atom stereocenters. The highest BCUT2D eigenvalue weighted by atomic mass is 32.2. The molecule has 0 aliphatic rings. The van der Waals surface area contributed by atoms with Crippen LogP contribution in [0.1, 0.15) is 16.7 Å². The van der Waals surface area contributed by atoms with Crippen LogP contribution in [0.15, 0.2) is 42.5 Å². The fourth-order valence-corrected chi connectivity index (χ4v) is 2.84.